The minimum atomic E-state index is -0.945. The molecule has 122 valence electrons. The third-order valence-electron chi connectivity index (χ3n) is 3.99. The topological polar surface area (TPSA) is 64.0 Å². The number of hydrogen-bond donors (Lipinski definition) is 1. The van der Waals surface area contributed by atoms with Crippen molar-refractivity contribution in [1.29, 1.82) is 0 Å². The number of aryl methyl sites for hydroxylation is 1. The molecule has 1 aromatic carbocycles. The van der Waals surface area contributed by atoms with Crippen LogP contribution in [0.2, 0.25) is 0 Å². The fourth-order valence-electron chi connectivity index (χ4n) is 2.81. The third-order valence-corrected chi connectivity index (χ3v) is 6.06. The highest BCUT2D eigenvalue weighted by molar-refractivity contribution is 7.83. The predicted molar refractivity (Wildman–Crippen MR) is 96.1 cm³/mol. The fourth-order valence-corrected chi connectivity index (χ4v) is 4.69. The molecule has 1 aliphatic heterocycles. The molecule has 1 aliphatic rings. The number of carbonyl (C=O) groups is 1. The quantitative estimate of drug-likeness (QED) is 0.782. The molecular weight excluding hydrogens is 342 g/mol. The van der Waals surface area contributed by atoms with E-state index in [0.717, 1.165) is 22.5 Å². The molecular formula is C17H15N3O2S2. The number of amides is 1. The maximum Gasteiger partial charge on any atom is 0.266 e. The fraction of sp³-hybridized carbons (Fsp3) is 0.176. The molecule has 4 rings (SSSR count). The van der Waals surface area contributed by atoms with Crippen LogP contribution < -0.4 is 5.32 Å². The van der Waals surface area contributed by atoms with Gasteiger partial charge < -0.3 is 5.32 Å². The number of thiophene rings is 1. The normalized spacial score (nSPS) is 16.1. The Morgan fingerprint density at radius 1 is 1.25 bits per heavy atom. The van der Waals surface area contributed by atoms with Crippen molar-refractivity contribution in [3.63, 3.8) is 0 Å². The van der Waals surface area contributed by atoms with E-state index in [9.17, 15) is 9.00 Å². The molecule has 0 bridgehead atoms. The molecule has 5 nitrogen and oxygen atoms in total. The van der Waals surface area contributed by atoms with E-state index in [1.54, 1.807) is 10.7 Å². The SMILES string of the molecule is Cc1ccccc1-n1nc2c(c1NC(=O)c1cccs1)C[S@](=O)C2. The van der Waals surface area contributed by atoms with Gasteiger partial charge in [-0.15, -0.1) is 11.3 Å². The molecule has 1 amide bonds. The number of benzene rings is 1. The summed E-state index contributed by atoms with van der Waals surface area (Å²) >= 11 is 1.39. The summed E-state index contributed by atoms with van der Waals surface area (Å²) in [6.07, 6.45) is 0. The smallest absolute Gasteiger partial charge is 0.266 e. The van der Waals surface area contributed by atoms with Crippen LogP contribution in [0, 0.1) is 6.92 Å². The minimum Gasteiger partial charge on any atom is -0.305 e. The van der Waals surface area contributed by atoms with E-state index in [4.69, 9.17) is 0 Å². The standard InChI is InChI=1S/C17H15N3O2S2/c1-11-5-2-3-6-14(11)20-16(12-9-24(22)10-13(12)19-20)18-17(21)15-7-4-8-23-15/h2-8H,9-10H2,1H3,(H,18,21)/t24-/m0/s1. The maximum atomic E-state index is 12.5. The van der Waals surface area contributed by atoms with Crippen LogP contribution in [0.1, 0.15) is 26.5 Å². The highest BCUT2D eigenvalue weighted by Gasteiger charge is 2.28. The highest BCUT2D eigenvalue weighted by Crippen LogP contribution is 2.32. The number of aromatic nitrogens is 2. The summed E-state index contributed by atoms with van der Waals surface area (Å²) in [5, 5.41) is 9.46. The molecule has 1 atom stereocenters. The zero-order chi connectivity index (χ0) is 16.7. The van der Waals surface area contributed by atoms with E-state index in [-0.39, 0.29) is 5.91 Å². The van der Waals surface area contributed by atoms with E-state index in [0.29, 0.717) is 22.2 Å². The van der Waals surface area contributed by atoms with Gasteiger partial charge in [0, 0.05) is 16.4 Å². The largest absolute Gasteiger partial charge is 0.305 e. The molecule has 0 saturated heterocycles. The Morgan fingerprint density at radius 3 is 2.83 bits per heavy atom. The van der Waals surface area contributed by atoms with E-state index >= 15 is 0 Å². The first-order valence-corrected chi connectivity index (χ1v) is 9.87. The second-order valence-corrected chi connectivity index (χ2v) is 8.04. The van der Waals surface area contributed by atoms with Crippen molar-refractivity contribution in [2.24, 2.45) is 0 Å². The van der Waals surface area contributed by atoms with Crippen LogP contribution in [0.15, 0.2) is 41.8 Å². The van der Waals surface area contributed by atoms with Gasteiger partial charge in [0.05, 0.1) is 27.8 Å². The first kappa shape index (κ1) is 15.3. The summed E-state index contributed by atoms with van der Waals surface area (Å²) < 4.78 is 13.7. The molecule has 7 heteroatoms. The molecule has 3 aromatic rings. The molecule has 0 saturated carbocycles. The van der Waals surface area contributed by atoms with Crippen molar-refractivity contribution in [2.75, 3.05) is 5.32 Å². The number of carbonyl (C=O) groups excluding carboxylic acids is 1. The van der Waals surface area contributed by atoms with Gasteiger partial charge in [-0.3, -0.25) is 9.00 Å². The number of anilines is 1. The second kappa shape index (κ2) is 5.99. The van der Waals surface area contributed by atoms with Gasteiger partial charge >= 0.3 is 0 Å². The monoisotopic (exact) mass is 357 g/mol. The van der Waals surface area contributed by atoms with Crippen LogP contribution >= 0.6 is 11.3 Å². The molecule has 2 aromatic heterocycles. The minimum absolute atomic E-state index is 0.166. The summed E-state index contributed by atoms with van der Waals surface area (Å²) in [6, 6.07) is 11.5. The lowest BCUT2D eigenvalue weighted by atomic mass is 10.2. The number of nitrogens with zero attached hydrogens (tertiary/aromatic N) is 2. The Bertz CT molecular complexity index is 945. The van der Waals surface area contributed by atoms with Crippen molar-refractivity contribution in [1.82, 2.24) is 9.78 Å². The molecule has 0 radical (unpaired) electrons. The van der Waals surface area contributed by atoms with Crippen LogP contribution in [-0.4, -0.2) is 19.9 Å². The highest BCUT2D eigenvalue weighted by atomic mass is 32.2. The van der Waals surface area contributed by atoms with Gasteiger partial charge in [0.2, 0.25) is 0 Å². The molecule has 0 aliphatic carbocycles. The third kappa shape index (κ3) is 2.59. The molecule has 3 heterocycles. The Hall–Kier alpha value is -2.25. The summed E-state index contributed by atoms with van der Waals surface area (Å²) in [4.78, 5) is 13.1. The van der Waals surface area contributed by atoms with Crippen molar-refractivity contribution in [3.8, 4) is 5.69 Å². The van der Waals surface area contributed by atoms with Crippen molar-refractivity contribution in [2.45, 2.75) is 18.4 Å². The zero-order valence-electron chi connectivity index (χ0n) is 13.0. The molecule has 0 unspecified atom stereocenters. The van der Waals surface area contributed by atoms with Crippen LogP contribution in [0.4, 0.5) is 5.82 Å². The number of hydrogen-bond acceptors (Lipinski definition) is 4. The van der Waals surface area contributed by atoms with E-state index < -0.39 is 10.8 Å². The summed E-state index contributed by atoms with van der Waals surface area (Å²) in [6.45, 7) is 2.01. The average Bonchev–Trinajstić information content (AvgIpc) is 3.26. The first-order chi connectivity index (χ1) is 11.6. The number of nitrogens with one attached hydrogen (secondary N) is 1. The number of para-hydroxylation sites is 1. The van der Waals surface area contributed by atoms with Crippen LogP contribution in [0.3, 0.4) is 0 Å². The van der Waals surface area contributed by atoms with Crippen molar-refractivity contribution in [3.05, 3.63) is 63.5 Å². The van der Waals surface area contributed by atoms with Gasteiger partial charge in [0.25, 0.3) is 5.91 Å². The van der Waals surface area contributed by atoms with Gasteiger partial charge in [0.1, 0.15) is 5.82 Å². The number of fused-ring (bicyclic) bond motifs is 1. The second-order valence-electron chi connectivity index (χ2n) is 5.63. The Morgan fingerprint density at radius 2 is 2.08 bits per heavy atom. The lowest BCUT2D eigenvalue weighted by Gasteiger charge is -2.12. The van der Waals surface area contributed by atoms with E-state index in [2.05, 4.69) is 10.4 Å². The summed E-state index contributed by atoms with van der Waals surface area (Å²) in [7, 11) is -0.945. The molecule has 0 spiro atoms. The molecule has 0 fully saturated rings. The molecule has 24 heavy (non-hydrogen) atoms. The van der Waals surface area contributed by atoms with Gasteiger partial charge in [-0.2, -0.15) is 5.10 Å². The maximum absolute atomic E-state index is 12.5. The van der Waals surface area contributed by atoms with Crippen LogP contribution in [-0.2, 0) is 22.3 Å². The summed E-state index contributed by atoms with van der Waals surface area (Å²) in [5.41, 5.74) is 3.66. The van der Waals surface area contributed by atoms with Gasteiger partial charge in [-0.25, -0.2) is 4.68 Å². The number of rotatable bonds is 3. The average molecular weight is 357 g/mol. The van der Waals surface area contributed by atoms with Gasteiger partial charge in [0.15, 0.2) is 0 Å². The Labute approximate surface area is 145 Å². The van der Waals surface area contributed by atoms with Crippen LogP contribution in [0.5, 0.6) is 0 Å². The first-order valence-electron chi connectivity index (χ1n) is 7.50. The predicted octanol–water partition coefficient (Wildman–Crippen LogP) is 3.26. The Kier molecular flexibility index (Phi) is 3.82. The zero-order valence-corrected chi connectivity index (χ0v) is 14.6. The Balaban J connectivity index is 1.81. The van der Waals surface area contributed by atoms with Crippen molar-refractivity contribution < 1.29 is 9.00 Å². The lowest BCUT2D eigenvalue weighted by molar-refractivity contribution is 0.102. The molecule has 1 N–H and O–H groups in total. The van der Waals surface area contributed by atoms with Gasteiger partial charge in [-0.1, -0.05) is 24.3 Å². The lowest BCUT2D eigenvalue weighted by Crippen LogP contribution is -2.16. The van der Waals surface area contributed by atoms with Gasteiger partial charge in [-0.05, 0) is 30.0 Å². The van der Waals surface area contributed by atoms with E-state index in [1.165, 1.54) is 11.3 Å². The van der Waals surface area contributed by atoms with Crippen molar-refractivity contribution >= 4 is 33.9 Å². The van der Waals surface area contributed by atoms with E-state index in [1.807, 2.05) is 42.6 Å². The van der Waals surface area contributed by atoms with Crippen LogP contribution in [0.25, 0.3) is 5.69 Å². The summed E-state index contributed by atoms with van der Waals surface area (Å²) in [5.74, 6) is 1.33.